The fourth-order valence-corrected chi connectivity index (χ4v) is 4.61. The van der Waals surface area contributed by atoms with Crippen LogP contribution in [0.1, 0.15) is 4.88 Å². The Bertz CT molecular complexity index is 904. The number of esters is 1. The fourth-order valence-electron chi connectivity index (χ4n) is 2.65. The van der Waals surface area contributed by atoms with E-state index in [-0.39, 0.29) is 12.2 Å². The van der Waals surface area contributed by atoms with E-state index in [2.05, 4.69) is 0 Å². The third-order valence-corrected chi connectivity index (χ3v) is 6.06. The Kier molecular flexibility index (Phi) is 5.53. The molecule has 0 spiro atoms. The summed E-state index contributed by atoms with van der Waals surface area (Å²) >= 11 is 1.44. The molecule has 0 saturated carbocycles. The number of benzene rings is 1. The van der Waals surface area contributed by atoms with E-state index in [4.69, 9.17) is 4.74 Å². The lowest BCUT2D eigenvalue weighted by molar-refractivity contribution is -0.147. The summed E-state index contributed by atoms with van der Waals surface area (Å²) in [6.45, 7) is -0.441. The van der Waals surface area contributed by atoms with Crippen LogP contribution < -0.4 is 4.90 Å². The number of sulfone groups is 1. The van der Waals surface area contributed by atoms with Gasteiger partial charge in [0, 0.05) is 16.0 Å². The Hall–Kier alpha value is -2.45. The van der Waals surface area contributed by atoms with Crippen molar-refractivity contribution in [3.8, 4) is 0 Å². The first-order valence-corrected chi connectivity index (χ1v) is 10.5. The van der Waals surface area contributed by atoms with Gasteiger partial charge in [-0.25, -0.2) is 8.42 Å². The summed E-state index contributed by atoms with van der Waals surface area (Å²) in [5, 5.41) is 2.97. The van der Waals surface area contributed by atoms with E-state index in [1.165, 1.54) is 22.3 Å². The molecule has 0 saturated heterocycles. The molecular weight excluding hydrogens is 374 g/mol. The number of ether oxygens (including phenoxy) is 1. The highest BCUT2D eigenvalue weighted by atomic mass is 32.2. The van der Waals surface area contributed by atoms with Gasteiger partial charge in [0.05, 0.1) is 18.2 Å². The molecule has 3 rings (SSSR count). The van der Waals surface area contributed by atoms with Crippen molar-refractivity contribution in [3.05, 3.63) is 64.2 Å². The van der Waals surface area contributed by atoms with Gasteiger partial charge in [-0.05, 0) is 29.7 Å². The number of nitrogens with zero attached hydrogens (tertiary/aromatic N) is 1. The van der Waals surface area contributed by atoms with Crippen LogP contribution in [0, 0.1) is 0 Å². The summed E-state index contributed by atoms with van der Waals surface area (Å²) in [5.41, 5.74) is 0.554. The van der Waals surface area contributed by atoms with Crippen molar-refractivity contribution in [3.63, 3.8) is 0 Å². The first-order chi connectivity index (χ1) is 12.4. The van der Waals surface area contributed by atoms with Gasteiger partial charge in [0.15, 0.2) is 16.4 Å². The molecule has 1 aromatic heterocycles. The van der Waals surface area contributed by atoms with E-state index >= 15 is 0 Å². The summed E-state index contributed by atoms with van der Waals surface area (Å²) in [6, 6.07) is 11.8. The van der Waals surface area contributed by atoms with Crippen LogP contribution in [-0.4, -0.2) is 38.7 Å². The van der Waals surface area contributed by atoms with Crippen LogP contribution in [-0.2, 0) is 30.6 Å². The number of rotatable bonds is 6. The van der Waals surface area contributed by atoms with Gasteiger partial charge in [0.25, 0.3) is 5.91 Å². The minimum atomic E-state index is -3.33. The van der Waals surface area contributed by atoms with Crippen LogP contribution in [0.25, 0.3) is 0 Å². The minimum absolute atomic E-state index is 0.105. The Balaban J connectivity index is 1.69. The van der Waals surface area contributed by atoms with Crippen LogP contribution in [0.2, 0.25) is 0 Å². The molecule has 0 aliphatic carbocycles. The number of amides is 1. The summed E-state index contributed by atoms with van der Waals surface area (Å²) in [5.74, 6) is -1.15. The van der Waals surface area contributed by atoms with Crippen LogP contribution in [0.5, 0.6) is 0 Å². The lowest BCUT2D eigenvalue weighted by Crippen LogP contribution is -2.43. The van der Waals surface area contributed by atoms with E-state index in [0.29, 0.717) is 5.69 Å². The highest BCUT2D eigenvalue weighted by Crippen LogP contribution is 2.23. The van der Waals surface area contributed by atoms with Crippen LogP contribution in [0.15, 0.2) is 59.3 Å². The Labute approximate surface area is 155 Å². The highest BCUT2D eigenvalue weighted by Gasteiger charge is 2.31. The van der Waals surface area contributed by atoms with E-state index in [1.54, 1.807) is 30.3 Å². The number of thiophene rings is 1. The molecule has 1 amide bonds. The summed E-state index contributed by atoms with van der Waals surface area (Å²) in [6.07, 6.45) is 1.59. The van der Waals surface area contributed by atoms with Gasteiger partial charge in [-0.3, -0.25) is 9.59 Å². The zero-order valence-corrected chi connectivity index (χ0v) is 15.4. The zero-order valence-electron chi connectivity index (χ0n) is 13.8. The number of carbonyl (C=O) groups is 2. The van der Waals surface area contributed by atoms with Crippen molar-refractivity contribution in [2.24, 2.45) is 0 Å². The van der Waals surface area contributed by atoms with Gasteiger partial charge in [0.1, 0.15) is 0 Å². The molecule has 6 nitrogen and oxygen atoms in total. The number of para-hydroxylation sites is 1. The lowest BCUT2D eigenvalue weighted by Gasteiger charge is -2.27. The predicted octanol–water partition coefficient (Wildman–Crippen LogP) is 2.18. The van der Waals surface area contributed by atoms with Crippen LogP contribution >= 0.6 is 11.3 Å². The maximum Gasteiger partial charge on any atom is 0.311 e. The van der Waals surface area contributed by atoms with Gasteiger partial charge < -0.3 is 9.64 Å². The molecule has 1 aliphatic heterocycles. The fraction of sp³-hybridized carbons (Fsp3) is 0.222. The van der Waals surface area contributed by atoms with Gasteiger partial charge in [-0.15, -0.1) is 11.3 Å². The minimum Gasteiger partial charge on any atom is -0.455 e. The van der Waals surface area contributed by atoms with Crippen molar-refractivity contribution >= 4 is 38.7 Å². The molecule has 1 aromatic carbocycles. The zero-order chi connectivity index (χ0) is 18.6. The average Bonchev–Trinajstić information content (AvgIpc) is 3.24. The van der Waals surface area contributed by atoms with Crippen molar-refractivity contribution < 1.29 is 22.7 Å². The number of hydrogen-bond donors (Lipinski definition) is 0. The van der Waals surface area contributed by atoms with Gasteiger partial charge in [-0.2, -0.15) is 0 Å². The Morgan fingerprint density at radius 1 is 1.15 bits per heavy atom. The van der Waals surface area contributed by atoms with Crippen molar-refractivity contribution in [1.29, 1.82) is 0 Å². The number of carbonyl (C=O) groups excluding carboxylic acids is 2. The molecular formula is C18H17NO5S2. The molecule has 8 heteroatoms. The van der Waals surface area contributed by atoms with Crippen LogP contribution in [0.4, 0.5) is 5.69 Å². The van der Waals surface area contributed by atoms with E-state index in [9.17, 15) is 18.0 Å². The second kappa shape index (κ2) is 7.84. The van der Waals surface area contributed by atoms with E-state index < -0.39 is 34.4 Å². The molecule has 136 valence electrons. The monoisotopic (exact) mass is 391 g/mol. The van der Waals surface area contributed by atoms with Crippen molar-refractivity contribution in [1.82, 2.24) is 0 Å². The third-order valence-electron chi connectivity index (χ3n) is 3.80. The maximum absolute atomic E-state index is 12.7. The largest absolute Gasteiger partial charge is 0.455 e. The molecule has 0 N–H and O–H groups in total. The second-order valence-corrected chi connectivity index (χ2v) is 8.70. The quantitative estimate of drug-likeness (QED) is 0.705. The molecule has 2 heterocycles. The molecule has 1 atom stereocenters. The normalized spacial score (nSPS) is 17.8. The van der Waals surface area contributed by atoms with Crippen molar-refractivity contribution in [2.45, 2.75) is 12.5 Å². The predicted molar refractivity (Wildman–Crippen MR) is 99.6 cm³/mol. The van der Waals surface area contributed by atoms with Gasteiger partial charge >= 0.3 is 5.97 Å². The maximum atomic E-state index is 12.7. The third kappa shape index (κ3) is 4.59. The first-order valence-electron chi connectivity index (χ1n) is 7.91. The standard InChI is InChI=1S/C18H17NO5S2/c20-17(12-24-18(21)11-16-7-4-9-25-16)19(14-5-2-1-3-6-14)15-8-10-26(22,23)13-15/h1-10,15H,11-13H2/t15-/m1/s1. The van der Waals surface area contributed by atoms with Gasteiger partial charge in [0.2, 0.25) is 0 Å². The van der Waals surface area contributed by atoms with E-state index in [1.807, 2.05) is 17.5 Å². The second-order valence-electron chi connectivity index (χ2n) is 5.74. The van der Waals surface area contributed by atoms with Gasteiger partial charge in [-0.1, -0.05) is 24.3 Å². The SMILES string of the molecule is O=C(Cc1cccs1)OCC(=O)N(c1ccccc1)[C@@H]1C=CS(=O)(=O)C1. The first kappa shape index (κ1) is 18.3. The summed E-state index contributed by atoms with van der Waals surface area (Å²) in [4.78, 5) is 26.8. The summed E-state index contributed by atoms with van der Waals surface area (Å²) in [7, 11) is -3.33. The molecule has 0 fully saturated rings. The van der Waals surface area contributed by atoms with Crippen LogP contribution in [0.3, 0.4) is 0 Å². The van der Waals surface area contributed by atoms with E-state index in [0.717, 1.165) is 10.3 Å². The molecule has 2 aromatic rings. The molecule has 0 radical (unpaired) electrons. The molecule has 1 aliphatic rings. The number of anilines is 1. The summed E-state index contributed by atoms with van der Waals surface area (Å²) < 4.78 is 28.6. The highest BCUT2D eigenvalue weighted by molar-refractivity contribution is 7.94. The number of hydrogen-bond acceptors (Lipinski definition) is 6. The Morgan fingerprint density at radius 3 is 2.54 bits per heavy atom. The topological polar surface area (TPSA) is 80.8 Å². The molecule has 0 bridgehead atoms. The Morgan fingerprint density at radius 2 is 1.92 bits per heavy atom. The molecule has 26 heavy (non-hydrogen) atoms. The van der Waals surface area contributed by atoms with Crippen molar-refractivity contribution in [2.75, 3.05) is 17.3 Å². The lowest BCUT2D eigenvalue weighted by atomic mass is 10.2. The molecule has 0 unspecified atom stereocenters. The average molecular weight is 391 g/mol. The smallest absolute Gasteiger partial charge is 0.311 e.